The predicted molar refractivity (Wildman–Crippen MR) is 103 cm³/mol. The molecule has 2 atom stereocenters. The molecule has 158 valence electrons. The zero-order valence-corrected chi connectivity index (χ0v) is 18.3. The van der Waals surface area contributed by atoms with E-state index in [4.69, 9.17) is 18.6 Å². The zero-order chi connectivity index (χ0) is 21.6. The molecule has 31 heavy (non-hydrogen) atoms. The van der Waals surface area contributed by atoms with E-state index in [-0.39, 0.29) is 11.3 Å². The van der Waals surface area contributed by atoms with Gasteiger partial charge in [-0.1, -0.05) is 30.3 Å². The molecule has 7 nitrogen and oxygen atoms in total. The second-order valence-corrected chi connectivity index (χ2v) is 9.92. The van der Waals surface area contributed by atoms with Crippen molar-refractivity contribution >= 4 is 22.7 Å². The fraction of sp³-hybridized carbons (Fsp3) is 0.190. The van der Waals surface area contributed by atoms with Crippen LogP contribution in [0.1, 0.15) is 45.0 Å². The molecule has 0 saturated heterocycles. The summed E-state index contributed by atoms with van der Waals surface area (Å²) >= 11 is 3.55. The minimum atomic E-state index is -4.94. The molecule has 1 aromatic carbocycles. The molecule has 0 amide bonds. The van der Waals surface area contributed by atoms with E-state index >= 15 is 0 Å². The fourth-order valence-electron chi connectivity index (χ4n) is 5.01. The van der Waals surface area contributed by atoms with Gasteiger partial charge in [0, 0.05) is 46.3 Å². The van der Waals surface area contributed by atoms with Crippen molar-refractivity contribution < 1.29 is 33.4 Å². The van der Waals surface area contributed by atoms with Crippen LogP contribution in [0.3, 0.4) is 0 Å². The molecule has 5 heterocycles. The van der Waals surface area contributed by atoms with Gasteiger partial charge in [-0.05, 0) is 5.56 Å². The molecule has 2 bridgehead atoms. The molecule has 1 aliphatic carbocycles. The van der Waals surface area contributed by atoms with E-state index in [0.717, 1.165) is 6.42 Å². The second kappa shape index (κ2) is 7.72. The highest BCUT2D eigenvalue weighted by molar-refractivity contribution is 7.11. The third-order valence-electron chi connectivity index (χ3n) is 5.97. The van der Waals surface area contributed by atoms with Crippen LogP contribution in [-0.4, -0.2) is 9.97 Å². The monoisotopic (exact) mass is 473 g/mol. The van der Waals surface area contributed by atoms with Crippen LogP contribution in [0.5, 0.6) is 0 Å². The summed E-state index contributed by atoms with van der Waals surface area (Å²) in [6.07, 6.45) is 7.44. The molecule has 4 aromatic rings. The minimum absolute atomic E-state index is 0.0806. The van der Waals surface area contributed by atoms with Gasteiger partial charge in [-0.2, -0.15) is 4.57 Å². The normalized spacial score (nSPS) is 20.4. The number of aromatic nitrogens is 3. The van der Waals surface area contributed by atoms with Crippen LogP contribution in [0.4, 0.5) is 0 Å². The highest BCUT2D eigenvalue weighted by Crippen LogP contribution is 2.60. The maximum Gasteiger partial charge on any atom is 0.190 e. The van der Waals surface area contributed by atoms with Crippen molar-refractivity contribution in [2.24, 2.45) is 0 Å². The quantitative estimate of drug-likeness (QED) is 0.364. The van der Waals surface area contributed by atoms with E-state index in [9.17, 15) is 0 Å². The van der Waals surface area contributed by atoms with Gasteiger partial charge >= 0.3 is 0 Å². The van der Waals surface area contributed by atoms with Crippen LogP contribution >= 0.6 is 22.7 Å². The average molecular weight is 474 g/mol. The molecule has 7 rings (SSSR count). The third-order valence-corrected chi connectivity index (χ3v) is 7.87. The average Bonchev–Trinajstić information content (AvgIpc) is 3.47. The predicted octanol–water partition coefficient (Wildman–Crippen LogP) is -0.444. The number of rotatable bonds is 2. The first-order valence-corrected chi connectivity index (χ1v) is 12.4. The van der Waals surface area contributed by atoms with Gasteiger partial charge < -0.3 is 0 Å². The number of hydrogen-bond donors (Lipinski definition) is 0. The number of nitrogens with zero attached hydrogens (tertiary/aromatic N) is 3. The third kappa shape index (κ3) is 3.48. The Morgan fingerprint density at radius 3 is 2.03 bits per heavy atom. The fourth-order valence-corrected chi connectivity index (χ4v) is 6.83. The van der Waals surface area contributed by atoms with Crippen molar-refractivity contribution in [3.05, 3.63) is 98.7 Å². The van der Waals surface area contributed by atoms with Crippen LogP contribution in [0.25, 0.3) is 0 Å². The van der Waals surface area contributed by atoms with Gasteiger partial charge in [-0.3, -0.25) is 9.97 Å². The van der Waals surface area contributed by atoms with E-state index in [2.05, 4.69) is 75.6 Å². The molecule has 0 saturated carbocycles. The lowest BCUT2D eigenvalue weighted by atomic mass is 9.57. The first-order chi connectivity index (χ1) is 14.9. The molecular weight excluding hydrogens is 458 g/mol. The lowest BCUT2D eigenvalue weighted by Gasteiger charge is -2.48. The number of halogens is 1. The molecule has 0 spiro atoms. The Morgan fingerprint density at radius 2 is 1.45 bits per heavy atom. The Morgan fingerprint density at radius 1 is 0.871 bits per heavy atom. The van der Waals surface area contributed by atoms with E-state index in [1.165, 1.54) is 26.6 Å². The van der Waals surface area contributed by atoms with Gasteiger partial charge in [0.1, 0.15) is 0 Å². The summed E-state index contributed by atoms with van der Waals surface area (Å²) in [6, 6.07) is 15.9. The molecular formula is C21H16ClN3O4S2. The molecule has 3 aromatic heterocycles. The van der Waals surface area contributed by atoms with Crippen LogP contribution in [0.15, 0.2) is 72.1 Å². The molecule has 0 N–H and O–H groups in total. The first kappa shape index (κ1) is 20.7. The second-order valence-electron chi connectivity index (χ2n) is 7.40. The smallest absolute Gasteiger partial charge is 0.190 e. The SMILES string of the molecule is [O-][Cl+3]([O-])([O-])[O-].c1ccc2c(c1)[C@H]1c3cccc[n+]3[C@@H]2CC1(c1cncs1)c1cncs1. The first-order valence-electron chi connectivity index (χ1n) is 9.38. The number of pyridine rings is 1. The Balaban J connectivity index is 0.000000371. The van der Waals surface area contributed by atoms with Gasteiger partial charge in [0.2, 0.25) is 0 Å². The lowest BCUT2D eigenvalue weighted by molar-refractivity contribution is -2.00. The van der Waals surface area contributed by atoms with Gasteiger partial charge in [0.15, 0.2) is 17.9 Å². The maximum absolute atomic E-state index is 8.49. The summed E-state index contributed by atoms with van der Waals surface area (Å²) in [7, 11) is -4.94. The standard InChI is InChI=1S/C21H16N3S2.ClHO4/c1-2-6-15-14(5-1)17-9-21(18-10-22-12-25-18,19-11-23-13-26-19)20(15)16-7-3-4-8-24(16)17;2-1(3,4)5/h1-8,10-13,17,20H,9H2;(H,2,3,4,5)/q+1;/p-1/t17-,20+;/m1./s1. The Labute approximate surface area is 188 Å². The summed E-state index contributed by atoms with van der Waals surface area (Å²) in [5.74, 6) is 0.283. The van der Waals surface area contributed by atoms with E-state index in [1.807, 2.05) is 11.0 Å². The van der Waals surface area contributed by atoms with Crippen molar-refractivity contribution in [2.45, 2.75) is 23.8 Å². The van der Waals surface area contributed by atoms with Crippen molar-refractivity contribution in [2.75, 3.05) is 0 Å². The van der Waals surface area contributed by atoms with Gasteiger partial charge in [0.25, 0.3) is 0 Å². The lowest BCUT2D eigenvalue weighted by Crippen LogP contribution is -2.68. The molecule has 0 unspecified atom stereocenters. The summed E-state index contributed by atoms with van der Waals surface area (Å²) < 4.78 is 36.5. The number of benzene rings is 1. The van der Waals surface area contributed by atoms with Crippen molar-refractivity contribution in [3.63, 3.8) is 0 Å². The molecule has 0 radical (unpaired) electrons. The molecule has 3 aliphatic rings. The molecule has 10 heteroatoms. The largest absolute Gasteiger partial charge is 0.253 e. The van der Waals surface area contributed by atoms with E-state index < -0.39 is 10.2 Å². The van der Waals surface area contributed by atoms with Crippen molar-refractivity contribution in [3.8, 4) is 0 Å². The Kier molecular flexibility index (Phi) is 5.14. The van der Waals surface area contributed by atoms with Gasteiger partial charge in [-0.25, -0.2) is 18.6 Å². The Bertz CT molecular complexity index is 1110. The number of fused-ring (bicyclic) bond motifs is 1. The van der Waals surface area contributed by atoms with Gasteiger partial charge in [-0.15, -0.1) is 32.9 Å². The molecule has 2 aliphatic heterocycles. The number of thiazole rings is 2. The van der Waals surface area contributed by atoms with E-state index in [1.54, 1.807) is 22.7 Å². The zero-order valence-electron chi connectivity index (χ0n) is 16.0. The van der Waals surface area contributed by atoms with Crippen molar-refractivity contribution in [1.29, 1.82) is 0 Å². The van der Waals surface area contributed by atoms with Crippen LogP contribution in [0.2, 0.25) is 0 Å². The summed E-state index contributed by atoms with van der Waals surface area (Å²) in [5.41, 5.74) is 8.16. The minimum Gasteiger partial charge on any atom is -0.253 e. The highest BCUT2D eigenvalue weighted by atomic mass is 35.7. The summed E-state index contributed by atoms with van der Waals surface area (Å²) in [6.45, 7) is 0. The summed E-state index contributed by atoms with van der Waals surface area (Å²) in [5, 5.41) is 0. The number of hydrogen-bond acceptors (Lipinski definition) is 8. The summed E-state index contributed by atoms with van der Waals surface area (Å²) in [4.78, 5) is 11.6. The van der Waals surface area contributed by atoms with Crippen LogP contribution in [0, 0.1) is 10.2 Å². The van der Waals surface area contributed by atoms with E-state index in [0.29, 0.717) is 6.04 Å². The van der Waals surface area contributed by atoms with Crippen LogP contribution in [-0.2, 0) is 5.41 Å². The molecule has 0 fully saturated rings. The topological polar surface area (TPSA) is 122 Å². The van der Waals surface area contributed by atoms with Crippen LogP contribution < -0.4 is 23.2 Å². The van der Waals surface area contributed by atoms with Gasteiger partial charge in [0.05, 0.1) is 22.4 Å². The maximum atomic E-state index is 8.49. The van der Waals surface area contributed by atoms with Crippen molar-refractivity contribution in [1.82, 2.24) is 9.97 Å². The highest BCUT2D eigenvalue weighted by Gasteiger charge is 2.60. The Hall–Kier alpha value is -2.24.